The van der Waals surface area contributed by atoms with Crippen LogP contribution in [0.4, 0.5) is 5.13 Å². The van der Waals surface area contributed by atoms with Gasteiger partial charge in [0.1, 0.15) is 5.75 Å². The Bertz CT molecular complexity index is 1070. The highest BCUT2D eigenvalue weighted by Crippen LogP contribution is 2.27. The van der Waals surface area contributed by atoms with Crippen LogP contribution in [0.15, 0.2) is 48.7 Å². The summed E-state index contributed by atoms with van der Waals surface area (Å²) in [4.78, 5) is 29.4. The number of hydrogen-bond donors (Lipinski definition) is 2. The number of carbonyl (C=O) groups is 2. The Kier molecular flexibility index (Phi) is 7.90. The Labute approximate surface area is 194 Å². The zero-order chi connectivity index (χ0) is 22.4. The number of thiazole rings is 1. The van der Waals surface area contributed by atoms with Gasteiger partial charge in [-0.25, -0.2) is 4.98 Å². The number of nitrogens with one attached hydrogen (secondary N) is 2. The predicted octanol–water partition coefficient (Wildman–Crippen LogP) is 5.26. The van der Waals surface area contributed by atoms with Crippen molar-refractivity contribution in [1.82, 2.24) is 10.3 Å². The molecule has 0 spiro atoms. The minimum absolute atomic E-state index is 0.0704. The van der Waals surface area contributed by atoms with E-state index >= 15 is 0 Å². The number of anilines is 1. The zero-order valence-electron chi connectivity index (χ0n) is 16.9. The van der Waals surface area contributed by atoms with Crippen LogP contribution in [-0.2, 0) is 16.0 Å². The lowest BCUT2D eigenvalue weighted by Crippen LogP contribution is -2.29. The first-order chi connectivity index (χ1) is 14.8. The Hall–Kier alpha value is -2.61. The first-order valence-corrected chi connectivity index (χ1v) is 11.0. The molecule has 0 bridgehead atoms. The minimum atomic E-state index is -0.465. The van der Waals surface area contributed by atoms with E-state index in [0.717, 1.165) is 16.0 Å². The molecule has 1 aromatic heterocycles. The number of ether oxygens (including phenoxy) is 1. The lowest BCUT2D eigenvalue weighted by Gasteiger charge is -2.18. The number of aromatic nitrogens is 1. The molecule has 0 aliphatic heterocycles. The van der Waals surface area contributed by atoms with Gasteiger partial charge in [0.2, 0.25) is 11.8 Å². The fourth-order valence-electron chi connectivity index (χ4n) is 3.00. The van der Waals surface area contributed by atoms with E-state index in [0.29, 0.717) is 27.3 Å². The van der Waals surface area contributed by atoms with Crippen molar-refractivity contribution < 1.29 is 14.3 Å². The third kappa shape index (κ3) is 6.69. The number of nitrogens with zero attached hydrogens (tertiary/aromatic N) is 1. The van der Waals surface area contributed by atoms with Gasteiger partial charge in [-0.1, -0.05) is 35.3 Å². The van der Waals surface area contributed by atoms with E-state index in [-0.39, 0.29) is 18.2 Å². The van der Waals surface area contributed by atoms with Crippen LogP contribution in [0.5, 0.6) is 5.75 Å². The highest BCUT2D eigenvalue weighted by Gasteiger charge is 2.18. The molecule has 0 aliphatic rings. The lowest BCUT2D eigenvalue weighted by molar-refractivity contribution is -0.120. The van der Waals surface area contributed by atoms with Crippen molar-refractivity contribution in [3.8, 4) is 5.75 Å². The maximum Gasteiger partial charge on any atom is 0.228 e. The van der Waals surface area contributed by atoms with Gasteiger partial charge in [-0.2, -0.15) is 0 Å². The van der Waals surface area contributed by atoms with Crippen molar-refractivity contribution in [2.24, 2.45) is 0 Å². The molecule has 0 fully saturated rings. The first kappa shape index (κ1) is 23.1. The molecule has 9 heteroatoms. The molecule has 3 rings (SSSR count). The van der Waals surface area contributed by atoms with Crippen LogP contribution >= 0.6 is 34.5 Å². The quantitative estimate of drug-likeness (QED) is 0.463. The van der Waals surface area contributed by atoms with Gasteiger partial charge < -0.3 is 15.4 Å². The summed E-state index contributed by atoms with van der Waals surface area (Å²) in [5.74, 6) is 0.227. The van der Waals surface area contributed by atoms with Crippen molar-refractivity contribution in [1.29, 1.82) is 0 Å². The van der Waals surface area contributed by atoms with Gasteiger partial charge in [0.05, 0.1) is 19.6 Å². The zero-order valence-corrected chi connectivity index (χ0v) is 19.3. The molecule has 0 radical (unpaired) electrons. The summed E-state index contributed by atoms with van der Waals surface area (Å²) in [5.41, 5.74) is 1.70. The number of methoxy groups -OCH3 is 1. The molecule has 3 aromatic rings. The fraction of sp³-hybridized carbons (Fsp3) is 0.227. The van der Waals surface area contributed by atoms with E-state index in [4.69, 9.17) is 27.9 Å². The van der Waals surface area contributed by atoms with Gasteiger partial charge in [-0.15, -0.1) is 11.3 Å². The topological polar surface area (TPSA) is 80.3 Å². The third-order valence-electron chi connectivity index (χ3n) is 4.46. The first-order valence-electron chi connectivity index (χ1n) is 9.43. The maximum atomic E-state index is 12.6. The molecule has 162 valence electrons. The second kappa shape index (κ2) is 10.6. The molecule has 0 saturated carbocycles. The molecule has 1 atom stereocenters. The minimum Gasteiger partial charge on any atom is -0.497 e. The van der Waals surface area contributed by atoms with Crippen LogP contribution in [0.3, 0.4) is 0 Å². The lowest BCUT2D eigenvalue weighted by atomic mass is 10.0. The van der Waals surface area contributed by atoms with Crippen molar-refractivity contribution in [2.75, 3.05) is 12.4 Å². The van der Waals surface area contributed by atoms with Gasteiger partial charge in [0.25, 0.3) is 0 Å². The Morgan fingerprint density at radius 2 is 1.90 bits per heavy atom. The second-order valence-corrected chi connectivity index (χ2v) is 8.78. The average molecular weight is 478 g/mol. The molecular weight excluding hydrogens is 457 g/mol. The summed E-state index contributed by atoms with van der Waals surface area (Å²) < 4.78 is 5.16. The van der Waals surface area contributed by atoms with Crippen LogP contribution in [0.2, 0.25) is 10.0 Å². The van der Waals surface area contributed by atoms with Crippen LogP contribution in [0.25, 0.3) is 0 Å². The summed E-state index contributed by atoms with van der Waals surface area (Å²) in [6, 6.07) is 12.1. The van der Waals surface area contributed by atoms with E-state index in [1.165, 1.54) is 18.3 Å². The molecular formula is C22H21Cl2N3O3S. The van der Waals surface area contributed by atoms with Crippen molar-refractivity contribution in [3.05, 3.63) is 74.7 Å². The third-order valence-corrected chi connectivity index (χ3v) is 5.97. The highest BCUT2D eigenvalue weighted by molar-refractivity contribution is 7.15. The number of benzene rings is 2. The molecule has 6 nitrogen and oxygen atoms in total. The van der Waals surface area contributed by atoms with Crippen LogP contribution in [0, 0.1) is 0 Å². The Morgan fingerprint density at radius 1 is 1.16 bits per heavy atom. The summed E-state index contributed by atoms with van der Waals surface area (Å²) in [5, 5.41) is 7.34. The van der Waals surface area contributed by atoms with E-state index in [9.17, 15) is 9.59 Å². The molecule has 1 heterocycles. The SMILES string of the molecule is COc1ccc([C@@H](CC(=O)Nc2ncc(Cc3cc(Cl)ccc3Cl)s2)NC(C)=O)cc1. The number of halogens is 2. The number of rotatable bonds is 8. The van der Waals surface area contributed by atoms with E-state index in [1.807, 2.05) is 18.2 Å². The van der Waals surface area contributed by atoms with Gasteiger partial charge in [0.15, 0.2) is 5.13 Å². The fourth-order valence-corrected chi connectivity index (χ4v) is 4.23. The number of hydrogen-bond acceptors (Lipinski definition) is 5. The molecule has 2 aromatic carbocycles. The largest absolute Gasteiger partial charge is 0.497 e. The Morgan fingerprint density at radius 3 is 2.58 bits per heavy atom. The van der Waals surface area contributed by atoms with Crippen molar-refractivity contribution in [3.63, 3.8) is 0 Å². The van der Waals surface area contributed by atoms with E-state index < -0.39 is 6.04 Å². The smallest absolute Gasteiger partial charge is 0.228 e. The van der Waals surface area contributed by atoms with E-state index in [2.05, 4.69) is 15.6 Å². The van der Waals surface area contributed by atoms with Crippen LogP contribution in [0.1, 0.15) is 35.4 Å². The number of amides is 2. The molecule has 0 saturated heterocycles. The van der Waals surface area contributed by atoms with E-state index in [1.54, 1.807) is 37.6 Å². The van der Waals surface area contributed by atoms with Gasteiger partial charge in [-0.3, -0.25) is 9.59 Å². The number of carbonyl (C=O) groups excluding carboxylic acids is 2. The summed E-state index contributed by atoms with van der Waals surface area (Å²) in [6.07, 6.45) is 2.33. The summed E-state index contributed by atoms with van der Waals surface area (Å²) in [6.45, 7) is 1.42. The molecule has 2 N–H and O–H groups in total. The van der Waals surface area contributed by atoms with Crippen molar-refractivity contribution >= 4 is 51.5 Å². The van der Waals surface area contributed by atoms with Gasteiger partial charge >= 0.3 is 0 Å². The van der Waals surface area contributed by atoms with Crippen LogP contribution in [-0.4, -0.2) is 23.9 Å². The predicted molar refractivity (Wildman–Crippen MR) is 124 cm³/mol. The molecule has 0 unspecified atom stereocenters. The molecule has 2 amide bonds. The van der Waals surface area contributed by atoms with Gasteiger partial charge in [0, 0.05) is 34.5 Å². The molecule has 0 aliphatic carbocycles. The summed E-state index contributed by atoms with van der Waals surface area (Å²) >= 11 is 13.6. The molecule has 31 heavy (non-hydrogen) atoms. The summed E-state index contributed by atoms with van der Waals surface area (Å²) in [7, 11) is 1.58. The van der Waals surface area contributed by atoms with Crippen LogP contribution < -0.4 is 15.4 Å². The van der Waals surface area contributed by atoms with Gasteiger partial charge in [-0.05, 0) is 41.5 Å². The maximum absolute atomic E-state index is 12.6. The average Bonchev–Trinajstić information content (AvgIpc) is 3.16. The monoisotopic (exact) mass is 477 g/mol. The van der Waals surface area contributed by atoms with Crippen molar-refractivity contribution in [2.45, 2.75) is 25.8 Å². The second-order valence-electron chi connectivity index (χ2n) is 6.82. The standard InChI is InChI=1S/C22H21Cl2N3O3S/c1-13(28)26-20(14-3-6-17(30-2)7-4-14)11-21(29)27-22-25-12-18(31-22)10-15-9-16(23)5-8-19(15)24/h3-9,12,20H,10-11H2,1-2H3,(H,26,28)(H,25,27,29)/t20-/m1/s1. The normalized spacial score (nSPS) is 11.6. The highest BCUT2D eigenvalue weighted by atomic mass is 35.5. The Balaban J connectivity index is 1.65.